The van der Waals surface area contributed by atoms with Gasteiger partial charge < -0.3 is 0 Å². The summed E-state index contributed by atoms with van der Waals surface area (Å²) in [4.78, 5) is 0. The number of rotatable bonds is 0. The molecule has 0 aliphatic heterocycles. The Morgan fingerprint density at radius 1 is 1.00 bits per heavy atom. The van der Waals surface area contributed by atoms with Crippen molar-refractivity contribution in [3.63, 3.8) is 0 Å². The van der Waals surface area contributed by atoms with Crippen LogP contribution in [0.4, 0.5) is 0 Å². The van der Waals surface area contributed by atoms with Gasteiger partial charge in [0.1, 0.15) is 0 Å². The van der Waals surface area contributed by atoms with Crippen molar-refractivity contribution in [2.45, 2.75) is 0 Å². The van der Waals surface area contributed by atoms with Crippen LogP contribution in [0.2, 0.25) is 0 Å². The molecule has 0 bridgehead atoms. The van der Waals surface area contributed by atoms with Crippen molar-refractivity contribution >= 4 is 46.0 Å². The Hall–Kier alpha value is 1.94. The summed E-state index contributed by atoms with van der Waals surface area (Å²) in [7, 11) is 9.63. The third kappa shape index (κ3) is 24.5. The molecule has 0 radical (unpaired) electrons. The van der Waals surface area contributed by atoms with Crippen molar-refractivity contribution in [3.8, 4) is 0 Å². The quantitative estimate of drug-likeness (QED) is 0.569. The van der Waals surface area contributed by atoms with Gasteiger partial charge in [0, 0.05) is 0 Å². The molecule has 0 aliphatic rings. The van der Waals surface area contributed by atoms with E-state index in [2.05, 4.69) is 0 Å². The predicted octanol–water partition coefficient (Wildman–Crippen LogP) is 1.60. The average molecular weight is 245 g/mol. The molecule has 0 aromatic heterocycles. The molecule has 0 aromatic rings. The van der Waals surface area contributed by atoms with Crippen LogP contribution in [0.3, 0.4) is 0 Å². The van der Waals surface area contributed by atoms with Crippen LogP contribution in [-0.2, 0) is 15.9 Å². The Kier molecular flexibility index (Phi) is 52.9. The predicted molar refractivity (Wildman–Crippen MR) is 32.5 cm³/mol. The first kappa shape index (κ1) is 15.8. The zero-order chi connectivity index (χ0) is 2.71. The first-order valence-electron chi connectivity index (χ1n) is 0.239. The van der Waals surface area contributed by atoms with E-state index in [0.29, 0.717) is 0 Å². The SMILES string of the molecule is S.S.[Cl][Pd][Cl]. The third-order valence-corrected chi connectivity index (χ3v) is 0. The van der Waals surface area contributed by atoms with Crippen LogP contribution in [0.15, 0.2) is 0 Å². The summed E-state index contributed by atoms with van der Waals surface area (Å²) in [5.41, 5.74) is 0. The van der Waals surface area contributed by atoms with Crippen LogP contribution in [0.5, 0.6) is 0 Å². The van der Waals surface area contributed by atoms with Gasteiger partial charge >= 0.3 is 35.0 Å². The van der Waals surface area contributed by atoms with Gasteiger partial charge in [-0.25, -0.2) is 0 Å². The second-order valence-electron chi connectivity index (χ2n) is 0.0452. The summed E-state index contributed by atoms with van der Waals surface area (Å²) < 4.78 is 0. The average Bonchev–Trinajstić information content (AvgIpc) is 0.918. The molecule has 0 unspecified atom stereocenters. The molecule has 0 rings (SSSR count). The molecule has 0 aliphatic carbocycles. The molecule has 0 aromatic carbocycles. The summed E-state index contributed by atoms with van der Waals surface area (Å²) in [5.74, 6) is 0. The zero-order valence-corrected chi connectivity index (χ0v) is 7.14. The molecule has 0 N–H and O–H groups in total. The van der Waals surface area contributed by atoms with Gasteiger partial charge in [0.25, 0.3) is 0 Å². The van der Waals surface area contributed by atoms with Crippen molar-refractivity contribution in [3.05, 3.63) is 0 Å². The summed E-state index contributed by atoms with van der Waals surface area (Å²) in [5, 5.41) is 0. The molecule has 0 heterocycles. The second kappa shape index (κ2) is 16.8. The number of halogens is 2. The van der Waals surface area contributed by atoms with E-state index in [1.165, 1.54) is 0 Å². The Bertz CT molecular complexity index is 7.61. The van der Waals surface area contributed by atoms with Crippen molar-refractivity contribution in [1.82, 2.24) is 0 Å². The van der Waals surface area contributed by atoms with Gasteiger partial charge in [-0.1, -0.05) is 0 Å². The maximum absolute atomic E-state index is 4.81. The molecule has 5 heavy (non-hydrogen) atoms. The molecule has 0 atom stereocenters. The minimum atomic E-state index is -0.106. The van der Waals surface area contributed by atoms with Crippen LogP contribution in [0.25, 0.3) is 0 Å². The van der Waals surface area contributed by atoms with Gasteiger partial charge in [0.05, 0.1) is 0 Å². The van der Waals surface area contributed by atoms with Crippen molar-refractivity contribution in [2.75, 3.05) is 0 Å². The van der Waals surface area contributed by atoms with Gasteiger partial charge in [0.15, 0.2) is 0 Å². The van der Waals surface area contributed by atoms with Crippen LogP contribution >= 0.6 is 46.0 Å². The molecule has 0 saturated carbocycles. The molecule has 5 heteroatoms. The van der Waals surface area contributed by atoms with Gasteiger partial charge in [-0.05, 0) is 0 Å². The Labute approximate surface area is 61.6 Å². The second-order valence-corrected chi connectivity index (χ2v) is 2.41. The fourth-order valence-electron chi connectivity index (χ4n) is 0. The van der Waals surface area contributed by atoms with E-state index in [1.807, 2.05) is 0 Å². The summed E-state index contributed by atoms with van der Waals surface area (Å²) in [6, 6.07) is 0. The zero-order valence-electron chi connectivity index (χ0n) is 2.07. The van der Waals surface area contributed by atoms with E-state index >= 15 is 0 Å². The van der Waals surface area contributed by atoms with Crippen LogP contribution in [0, 0.1) is 0 Å². The normalized spacial score (nSPS) is 4.40. The van der Waals surface area contributed by atoms with Crippen molar-refractivity contribution in [1.29, 1.82) is 0 Å². The number of hydrogen-bond acceptors (Lipinski definition) is 0. The molecule has 0 nitrogen and oxygen atoms in total. The molecule has 0 fully saturated rings. The third-order valence-electron chi connectivity index (χ3n) is 0. The van der Waals surface area contributed by atoms with Crippen LogP contribution in [-0.4, -0.2) is 0 Å². The van der Waals surface area contributed by atoms with E-state index in [9.17, 15) is 0 Å². The topological polar surface area (TPSA) is 0 Å². The van der Waals surface area contributed by atoms with Gasteiger partial charge in [-0.15, -0.1) is 0 Å². The maximum atomic E-state index is 4.81. The Morgan fingerprint density at radius 3 is 1.00 bits per heavy atom. The van der Waals surface area contributed by atoms with Crippen molar-refractivity contribution < 1.29 is 15.9 Å². The molecule has 0 amide bonds. The molecular weight excluding hydrogens is 241 g/mol. The van der Waals surface area contributed by atoms with E-state index in [4.69, 9.17) is 19.1 Å². The molecular formula is H4Cl2PdS2. The van der Waals surface area contributed by atoms with Crippen LogP contribution in [0.1, 0.15) is 0 Å². The summed E-state index contributed by atoms with van der Waals surface area (Å²) in [6.45, 7) is 0. The summed E-state index contributed by atoms with van der Waals surface area (Å²) in [6.07, 6.45) is 0. The molecule has 0 spiro atoms. The Balaban J connectivity index is -0.0000000200. The van der Waals surface area contributed by atoms with Gasteiger partial charge in [-0.3, -0.25) is 0 Å². The van der Waals surface area contributed by atoms with E-state index in [-0.39, 0.29) is 42.9 Å². The van der Waals surface area contributed by atoms with Gasteiger partial charge in [0.2, 0.25) is 0 Å². The van der Waals surface area contributed by atoms with Gasteiger partial charge in [-0.2, -0.15) is 27.0 Å². The minimum absolute atomic E-state index is 0. The molecule has 0 saturated heterocycles. The first-order valence-corrected chi connectivity index (χ1v) is 4.24. The number of hydrogen-bond donors (Lipinski definition) is 0. The summed E-state index contributed by atoms with van der Waals surface area (Å²) >= 11 is -0.106. The van der Waals surface area contributed by atoms with Crippen molar-refractivity contribution in [2.24, 2.45) is 0 Å². The molecule has 40 valence electrons. The first-order chi connectivity index (χ1) is 1.41. The Morgan fingerprint density at radius 2 is 1.00 bits per heavy atom. The van der Waals surface area contributed by atoms with Crippen LogP contribution < -0.4 is 0 Å². The monoisotopic (exact) mass is 244 g/mol. The fourth-order valence-corrected chi connectivity index (χ4v) is 0. The standard InChI is InChI=1S/2ClH.Pd.2H2S/h2*1H;;2*1H2/q;;+2;;/p-2. The van der Waals surface area contributed by atoms with E-state index in [1.54, 1.807) is 0 Å². The fraction of sp³-hybridized carbons (Fsp3) is 0. The van der Waals surface area contributed by atoms with E-state index < -0.39 is 0 Å². The van der Waals surface area contributed by atoms with E-state index in [0.717, 1.165) is 0 Å².